The van der Waals surface area contributed by atoms with Crippen LogP contribution in [0.3, 0.4) is 0 Å². The van der Waals surface area contributed by atoms with Gasteiger partial charge in [-0.3, -0.25) is 0 Å². The smallest absolute Gasteiger partial charge is 0.446 e. The van der Waals surface area contributed by atoms with Gasteiger partial charge in [0.2, 0.25) is 0 Å². The molecular formula is C20H11Cl3F6N4O2S. The van der Waals surface area contributed by atoms with Gasteiger partial charge in [0, 0.05) is 6.21 Å². The van der Waals surface area contributed by atoms with Gasteiger partial charge in [-0.2, -0.15) is 36.7 Å². The third-order valence-electron chi connectivity index (χ3n) is 4.24. The number of aliphatic imine (C=N–C) groups is 1. The summed E-state index contributed by atoms with van der Waals surface area (Å²) in [7, 11) is 1.27. The Kier molecular flexibility index (Phi) is 9.06. The Morgan fingerprint density at radius 2 is 1.75 bits per heavy atom. The Hall–Kier alpha value is -2.79. The van der Waals surface area contributed by atoms with Crippen molar-refractivity contribution in [3.63, 3.8) is 0 Å². The van der Waals surface area contributed by atoms with E-state index in [1.165, 1.54) is 31.4 Å². The zero-order chi connectivity index (χ0) is 26.1. The summed E-state index contributed by atoms with van der Waals surface area (Å²) in [4.78, 5) is 3.26. The highest BCUT2D eigenvalue weighted by molar-refractivity contribution is 8.00. The molecule has 1 heterocycles. The largest absolute Gasteiger partial charge is 0.504 e. The molecule has 0 saturated heterocycles. The number of phenolic OH excluding ortho intramolecular Hbond substituents is 1. The lowest BCUT2D eigenvalue weighted by Gasteiger charge is -2.13. The summed E-state index contributed by atoms with van der Waals surface area (Å²) in [6.45, 7) is 0. The molecule has 0 spiro atoms. The Morgan fingerprint density at radius 3 is 2.25 bits per heavy atom. The van der Waals surface area contributed by atoms with E-state index in [0.717, 1.165) is 6.21 Å². The van der Waals surface area contributed by atoms with Crippen LogP contribution in [0.25, 0.3) is 5.69 Å². The van der Waals surface area contributed by atoms with Crippen LogP contribution in [0.2, 0.25) is 10.0 Å². The SMILES string of the molecule is COc1cc(C=Nc2c(SC(F)(F)F)c(C#N)nn2-c2c(Cl)cc(C(F)(F)F)cc2Cl)ccc1O.Cl. The molecule has 0 fully saturated rings. The highest BCUT2D eigenvalue weighted by Gasteiger charge is 2.36. The predicted molar refractivity (Wildman–Crippen MR) is 124 cm³/mol. The maximum atomic E-state index is 13.2. The van der Waals surface area contributed by atoms with Gasteiger partial charge in [0.1, 0.15) is 11.8 Å². The van der Waals surface area contributed by atoms with Crippen molar-refractivity contribution in [2.45, 2.75) is 16.6 Å². The van der Waals surface area contributed by atoms with Gasteiger partial charge in [0.15, 0.2) is 23.0 Å². The molecule has 0 bridgehead atoms. The van der Waals surface area contributed by atoms with Crippen LogP contribution in [0.4, 0.5) is 32.2 Å². The Bertz CT molecular complexity index is 1330. The van der Waals surface area contributed by atoms with Gasteiger partial charge in [-0.15, -0.1) is 12.4 Å². The van der Waals surface area contributed by atoms with Gasteiger partial charge in [0.05, 0.1) is 27.6 Å². The third kappa shape index (κ3) is 6.50. The highest BCUT2D eigenvalue weighted by Crippen LogP contribution is 2.46. The normalized spacial score (nSPS) is 11.9. The van der Waals surface area contributed by atoms with Gasteiger partial charge < -0.3 is 9.84 Å². The molecule has 0 unspecified atom stereocenters. The number of phenols is 1. The van der Waals surface area contributed by atoms with Gasteiger partial charge >= 0.3 is 11.7 Å². The van der Waals surface area contributed by atoms with Crippen molar-refractivity contribution in [1.82, 2.24) is 9.78 Å². The van der Waals surface area contributed by atoms with Crippen LogP contribution >= 0.6 is 47.4 Å². The van der Waals surface area contributed by atoms with Crippen LogP contribution in [-0.4, -0.2) is 33.7 Å². The number of methoxy groups -OCH3 is 1. The van der Waals surface area contributed by atoms with Crippen molar-refractivity contribution in [3.8, 4) is 23.3 Å². The number of alkyl halides is 6. The Labute approximate surface area is 219 Å². The fourth-order valence-electron chi connectivity index (χ4n) is 2.79. The number of halogens is 9. The van der Waals surface area contributed by atoms with E-state index >= 15 is 0 Å². The topological polar surface area (TPSA) is 83.4 Å². The molecule has 0 aliphatic heterocycles. The second-order valence-electron chi connectivity index (χ2n) is 6.55. The molecule has 0 amide bonds. The minimum absolute atomic E-state index is 0. The molecule has 1 aromatic heterocycles. The number of nitriles is 1. The molecule has 3 aromatic rings. The number of aromatic nitrogens is 2. The van der Waals surface area contributed by atoms with Crippen molar-refractivity contribution in [2.24, 2.45) is 4.99 Å². The van der Waals surface area contributed by atoms with E-state index in [0.29, 0.717) is 16.8 Å². The van der Waals surface area contributed by atoms with Crippen molar-refractivity contribution in [3.05, 3.63) is 57.2 Å². The molecule has 0 radical (unpaired) electrons. The first-order chi connectivity index (χ1) is 16.2. The van der Waals surface area contributed by atoms with E-state index in [9.17, 15) is 36.7 Å². The minimum atomic E-state index is -4.86. The molecule has 16 heteroatoms. The van der Waals surface area contributed by atoms with Crippen LogP contribution in [0.15, 0.2) is 40.2 Å². The number of thioether (sulfide) groups is 1. The van der Waals surface area contributed by atoms with Gasteiger partial charge in [-0.25, -0.2) is 9.67 Å². The summed E-state index contributed by atoms with van der Waals surface area (Å²) in [5, 5.41) is 21.6. The molecular weight excluding hydrogens is 581 g/mol. The first-order valence-electron chi connectivity index (χ1n) is 9.01. The fraction of sp³-hybridized carbons (Fsp3) is 0.150. The molecule has 0 atom stereocenters. The fourth-order valence-corrected chi connectivity index (χ4v) is 4.08. The van der Waals surface area contributed by atoms with E-state index in [2.05, 4.69) is 10.1 Å². The quantitative estimate of drug-likeness (QED) is 0.188. The van der Waals surface area contributed by atoms with Crippen LogP contribution < -0.4 is 4.74 Å². The van der Waals surface area contributed by atoms with Crippen molar-refractivity contribution >= 4 is 59.4 Å². The van der Waals surface area contributed by atoms with Gasteiger partial charge in [-0.1, -0.05) is 23.2 Å². The number of rotatable bonds is 5. The molecule has 192 valence electrons. The molecule has 0 aliphatic rings. The summed E-state index contributed by atoms with van der Waals surface area (Å²) >= 11 is 11.3. The summed E-state index contributed by atoms with van der Waals surface area (Å²) in [5.41, 5.74) is -6.93. The highest BCUT2D eigenvalue weighted by atomic mass is 35.5. The number of benzene rings is 2. The number of nitrogens with zero attached hydrogens (tertiary/aromatic N) is 4. The second kappa shape index (κ2) is 11.1. The zero-order valence-electron chi connectivity index (χ0n) is 17.4. The summed E-state index contributed by atoms with van der Waals surface area (Å²) < 4.78 is 84.7. The molecule has 3 rings (SSSR count). The average Bonchev–Trinajstić information content (AvgIpc) is 3.07. The van der Waals surface area contributed by atoms with Crippen LogP contribution in [0, 0.1) is 11.3 Å². The van der Waals surface area contributed by atoms with Crippen molar-refractivity contribution in [1.29, 1.82) is 5.26 Å². The molecule has 0 saturated carbocycles. The van der Waals surface area contributed by atoms with Crippen molar-refractivity contribution < 1.29 is 36.2 Å². The molecule has 6 nitrogen and oxygen atoms in total. The lowest BCUT2D eigenvalue weighted by molar-refractivity contribution is -0.137. The lowest BCUT2D eigenvalue weighted by Crippen LogP contribution is -2.07. The van der Waals surface area contributed by atoms with Crippen LogP contribution in [0.5, 0.6) is 11.5 Å². The van der Waals surface area contributed by atoms with Crippen LogP contribution in [-0.2, 0) is 6.18 Å². The second-order valence-corrected chi connectivity index (χ2v) is 8.44. The summed E-state index contributed by atoms with van der Waals surface area (Å²) in [6, 6.07) is 6.46. The molecule has 0 aliphatic carbocycles. The van der Waals surface area contributed by atoms with Crippen LogP contribution in [0.1, 0.15) is 16.8 Å². The minimum Gasteiger partial charge on any atom is -0.504 e. The monoisotopic (exact) mass is 590 g/mol. The van der Waals surface area contributed by atoms with E-state index < -0.39 is 61.1 Å². The Balaban J connectivity index is 0.00000456. The summed E-state index contributed by atoms with van der Waals surface area (Å²) in [5.74, 6) is -0.739. The maximum Gasteiger partial charge on any atom is 0.446 e. The average molecular weight is 592 g/mol. The first kappa shape index (κ1) is 29.4. The molecule has 1 N–H and O–H groups in total. The van der Waals surface area contributed by atoms with Gasteiger partial charge in [0.25, 0.3) is 0 Å². The number of ether oxygens (including phenoxy) is 1. The predicted octanol–water partition coefficient (Wildman–Crippen LogP) is 7.57. The summed E-state index contributed by atoms with van der Waals surface area (Å²) in [6.07, 6.45) is -3.73. The third-order valence-corrected chi connectivity index (χ3v) is 5.63. The molecule has 2 aromatic carbocycles. The van der Waals surface area contributed by atoms with E-state index in [4.69, 9.17) is 27.9 Å². The number of aromatic hydroxyl groups is 1. The van der Waals surface area contributed by atoms with E-state index in [1.807, 2.05) is 0 Å². The van der Waals surface area contributed by atoms with E-state index in [-0.39, 0.29) is 29.5 Å². The standard InChI is InChI=1S/C20H10Cl2F6N4O2S.ClH/c1-34-15-4-9(2-3-14(15)33)8-30-18-17(35-20(26,27)28)13(7-29)31-32(18)16-11(21)5-10(6-12(16)22)19(23,24)25;/h2-6,8,33H,1H3;1H. The van der Waals surface area contributed by atoms with Crippen molar-refractivity contribution in [2.75, 3.05) is 7.11 Å². The maximum absolute atomic E-state index is 13.2. The van der Waals surface area contributed by atoms with Gasteiger partial charge in [-0.05, 0) is 47.7 Å². The lowest BCUT2D eigenvalue weighted by atomic mass is 10.2. The number of hydrogen-bond donors (Lipinski definition) is 1. The van der Waals surface area contributed by atoms with E-state index in [1.54, 1.807) is 0 Å². The Morgan fingerprint density at radius 1 is 1.14 bits per heavy atom. The molecule has 36 heavy (non-hydrogen) atoms. The number of hydrogen-bond acceptors (Lipinski definition) is 6. The first-order valence-corrected chi connectivity index (χ1v) is 10.6. The zero-order valence-corrected chi connectivity index (χ0v) is 20.6.